The van der Waals surface area contributed by atoms with Crippen LogP contribution in [0.4, 0.5) is 0 Å². The zero-order chi connectivity index (χ0) is 14.4. The van der Waals surface area contributed by atoms with Crippen molar-refractivity contribution < 1.29 is 4.79 Å². The highest BCUT2D eigenvalue weighted by Gasteiger charge is 2.24. The molecule has 1 aliphatic carbocycles. The van der Waals surface area contributed by atoms with Crippen molar-refractivity contribution in [3.05, 3.63) is 35.4 Å². The predicted octanol–water partition coefficient (Wildman–Crippen LogP) is 3.49. The third-order valence-corrected chi connectivity index (χ3v) is 4.90. The van der Waals surface area contributed by atoms with Crippen molar-refractivity contribution in [2.24, 2.45) is 11.8 Å². The summed E-state index contributed by atoms with van der Waals surface area (Å²) in [6, 6.07) is 8.82. The monoisotopic (exact) mass is 334 g/mol. The number of hydrogen-bond donors (Lipinski definition) is 1. The standard InChI is InChI=1S/C16H19BrN2O/c17-9-14-3-1-2-4-15(14)11-19-16(20)13-7-5-12(10-18)6-8-13/h5-8,14-15H,1-4,9,11H2,(H,19,20). The van der Waals surface area contributed by atoms with Crippen LogP contribution in [0.5, 0.6) is 0 Å². The molecule has 1 N–H and O–H groups in total. The molecular weight excluding hydrogens is 316 g/mol. The van der Waals surface area contributed by atoms with E-state index in [1.54, 1.807) is 24.3 Å². The summed E-state index contributed by atoms with van der Waals surface area (Å²) >= 11 is 3.58. The number of nitrogens with zero attached hydrogens (tertiary/aromatic N) is 1. The van der Waals surface area contributed by atoms with Gasteiger partial charge in [0.1, 0.15) is 0 Å². The maximum Gasteiger partial charge on any atom is 0.251 e. The average Bonchev–Trinajstić information content (AvgIpc) is 2.53. The molecule has 1 fully saturated rings. The predicted molar refractivity (Wildman–Crippen MR) is 82.7 cm³/mol. The maximum absolute atomic E-state index is 12.1. The summed E-state index contributed by atoms with van der Waals surface area (Å²) < 4.78 is 0. The van der Waals surface area contributed by atoms with Crippen molar-refractivity contribution in [3.8, 4) is 6.07 Å². The lowest BCUT2D eigenvalue weighted by Gasteiger charge is -2.30. The summed E-state index contributed by atoms with van der Waals surface area (Å²) in [4.78, 5) is 12.1. The van der Waals surface area contributed by atoms with Gasteiger partial charge in [0.15, 0.2) is 0 Å². The van der Waals surface area contributed by atoms with Crippen LogP contribution in [0.2, 0.25) is 0 Å². The molecule has 2 atom stereocenters. The fourth-order valence-corrected chi connectivity index (χ4v) is 3.63. The van der Waals surface area contributed by atoms with E-state index < -0.39 is 0 Å². The quantitative estimate of drug-likeness (QED) is 0.857. The van der Waals surface area contributed by atoms with Crippen LogP contribution in [0.1, 0.15) is 41.6 Å². The Morgan fingerprint density at radius 3 is 2.50 bits per heavy atom. The van der Waals surface area contributed by atoms with E-state index in [2.05, 4.69) is 27.3 Å². The van der Waals surface area contributed by atoms with Crippen molar-refractivity contribution in [1.29, 1.82) is 5.26 Å². The summed E-state index contributed by atoms with van der Waals surface area (Å²) in [5.74, 6) is 1.20. The Bertz CT molecular complexity index is 492. The lowest BCUT2D eigenvalue weighted by atomic mass is 9.80. The first-order valence-corrected chi connectivity index (χ1v) is 8.21. The van der Waals surface area contributed by atoms with Gasteiger partial charge in [-0.2, -0.15) is 5.26 Å². The fraction of sp³-hybridized carbons (Fsp3) is 0.500. The molecule has 0 bridgehead atoms. The van der Waals surface area contributed by atoms with E-state index >= 15 is 0 Å². The molecule has 0 spiro atoms. The van der Waals surface area contributed by atoms with Crippen molar-refractivity contribution in [2.45, 2.75) is 25.7 Å². The maximum atomic E-state index is 12.1. The molecule has 0 aliphatic heterocycles. The zero-order valence-electron chi connectivity index (χ0n) is 11.4. The van der Waals surface area contributed by atoms with Gasteiger partial charge in [0.25, 0.3) is 5.91 Å². The normalized spacial score (nSPS) is 22.0. The van der Waals surface area contributed by atoms with Crippen LogP contribution in [0.15, 0.2) is 24.3 Å². The molecule has 3 nitrogen and oxygen atoms in total. The molecule has 106 valence electrons. The molecular formula is C16H19BrN2O. The van der Waals surface area contributed by atoms with Gasteiger partial charge in [-0.15, -0.1) is 0 Å². The lowest BCUT2D eigenvalue weighted by molar-refractivity contribution is 0.0937. The van der Waals surface area contributed by atoms with Gasteiger partial charge < -0.3 is 5.32 Å². The first kappa shape index (κ1) is 15.1. The molecule has 2 rings (SSSR count). The number of hydrogen-bond acceptors (Lipinski definition) is 2. The number of amides is 1. The molecule has 4 heteroatoms. The van der Waals surface area contributed by atoms with Gasteiger partial charge in [-0.05, 0) is 48.9 Å². The first-order valence-electron chi connectivity index (χ1n) is 7.09. The average molecular weight is 335 g/mol. The lowest BCUT2D eigenvalue weighted by Crippen LogP contribution is -2.34. The number of carbonyl (C=O) groups excluding carboxylic acids is 1. The third-order valence-electron chi connectivity index (χ3n) is 4.07. The van der Waals surface area contributed by atoms with Gasteiger partial charge in [0.05, 0.1) is 11.6 Å². The molecule has 0 radical (unpaired) electrons. The second-order valence-electron chi connectivity index (χ2n) is 5.36. The minimum Gasteiger partial charge on any atom is -0.352 e. The van der Waals surface area contributed by atoms with Crippen molar-refractivity contribution >= 4 is 21.8 Å². The number of nitriles is 1. The summed E-state index contributed by atoms with van der Waals surface area (Å²) in [6.07, 6.45) is 5.02. The van der Waals surface area contributed by atoms with E-state index in [9.17, 15) is 4.79 Å². The van der Waals surface area contributed by atoms with Crippen LogP contribution in [0.25, 0.3) is 0 Å². The molecule has 1 saturated carbocycles. The topological polar surface area (TPSA) is 52.9 Å². The van der Waals surface area contributed by atoms with Crippen molar-refractivity contribution in [3.63, 3.8) is 0 Å². The Balaban J connectivity index is 1.89. The molecule has 1 aromatic rings. The van der Waals surface area contributed by atoms with Crippen LogP contribution >= 0.6 is 15.9 Å². The molecule has 20 heavy (non-hydrogen) atoms. The highest BCUT2D eigenvalue weighted by atomic mass is 79.9. The molecule has 1 aliphatic rings. The fourth-order valence-electron chi connectivity index (χ4n) is 2.78. The molecule has 0 heterocycles. The second-order valence-corrected chi connectivity index (χ2v) is 6.01. The van der Waals surface area contributed by atoms with Gasteiger partial charge in [-0.1, -0.05) is 28.8 Å². The smallest absolute Gasteiger partial charge is 0.251 e. The minimum atomic E-state index is -0.0478. The van der Waals surface area contributed by atoms with Gasteiger partial charge >= 0.3 is 0 Å². The van der Waals surface area contributed by atoms with E-state index in [0.717, 1.165) is 11.9 Å². The summed E-state index contributed by atoms with van der Waals surface area (Å²) in [5, 5.41) is 12.8. The molecule has 0 saturated heterocycles. The highest BCUT2D eigenvalue weighted by Crippen LogP contribution is 2.30. The Labute approximate surface area is 128 Å². The molecule has 0 aromatic heterocycles. The minimum absolute atomic E-state index is 0.0478. The third kappa shape index (κ3) is 3.83. The number of nitrogens with one attached hydrogen (secondary N) is 1. The van der Waals surface area contributed by atoms with Crippen LogP contribution in [-0.4, -0.2) is 17.8 Å². The number of alkyl halides is 1. The van der Waals surface area contributed by atoms with E-state index in [1.165, 1.54) is 25.7 Å². The van der Waals surface area contributed by atoms with Crippen LogP contribution in [-0.2, 0) is 0 Å². The molecule has 1 aromatic carbocycles. The van der Waals surface area contributed by atoms with Gasteiger partial charge in [0.2, 0.25) is 0 Å². The molecule has 1 amide bonds. The number of benzene rings is 1. The van der Waals surface area contributed by atoms with Crippen LogP contribution in [0.3, 0.4) is 0 Å². The summed E-state index contributed by atoms with van der Waals surface area (Å²) in [6.45, 7) is 0.745. The molecule has 2 unspecified atom stereocenters. The summed E-state index contributed by atoms with van der Waals surface area (Å²) in [7, 11) is 0. The van der Waals surface area contributed by atoms with E-state index in [0.29, 0.717) is 23.0 Å². The number of carbonyl (C=O) groups is 1. The Morgan fingerprint density at radius 2 is 1.90 bits per heavy atom. The van der Waals surface area contributed by atoms with E-state index in [-0.39, 0.29) is 5.91 Å². The summed E-state index contributed by atoms with van der Waals surface area (Å²) in [5.41, 5.74) is 1.20. The van der Waals surface area contributed by atoms with E-state index in [4.69, 9.17) is 5.26 Å². The van der Waals surface area contributed by atoms with Crippen LogP contribution in [0, 0.1) is 23.2 Å². The van der Waals surface area contributed by atoms with Gasteiger partial charge in [-0.25, -0.2) is 0 Å². The first-order chi connectivity index (χ1) is 9.74. The Kier molecular flexibility index (Phi) is 5.60. The zero-order valence-corrected chi connectivity index (χ0v) is 13.0. The largest absolute Gasteiger partial charge is 0.352 e. The van der Waals surface area contributed by atoms with Crippen molar-refractivity contribution in [2.75, 3.05) is 11.9 Å². The van der Waals surface area contributed by atoms with Crippen LogP contribution < -0.4 is 5.32 Å². The number of rotatable bonds is 4. The Morgan fingerprint density at radius 1 is 1.25 bits per heavy atom. The SMILES string of the molecule is N#Cc1ccc(C(=O)NCC2CCCCC2CBr)cc1. The van der Waals surface area contributed by atoms with Gasteiger partial charge in [0, 0.05) is 17.4 Å². The van der Waals surface area contributed by atoms with Crippen molar-refractivity contribution in [1.82, 2.24) is 5.32 Å². The Hall–Kier alpha value is -1.34. The highest BCUT2D eigenvalue weighted by molar-refractivity contribution is 9.09. The number of halogens is 1. The second kappa shape index (κ2) is 7.44. The van der Waals surface area contributed by atoms with Gasteiger partial charge in [-0.3, -0.25) is 4.79 Å². The van der Waals surface area contributed by atoms with E-state index in [1.807, 2.05) is 0 Å².